The number of methoxy groups -OCH3 is 1. The van der Waals surface area contributed by atoms with Gasteiger partial charge in [0.2, 0.25) is 0 Å². The Morgan fingerprint density at radius 2 is 1.68 bits per heavy atom. The van der Waals surface area contributed by atoms with Crippen molar-refractivity contribution in [3.05, 3.63) is 59.2 Å². The average Bonchev–Trinajstić information content (AvgIpc) is 2.87. The number of carbonyl (C=O) groups is 3. The Hall–Kier alpha value is -3.39. The lowest BCUT2D eigenvalue weighted by Gasteiger charge is -2.55. The van der Waals surface area contributed by atoms with Crippen LogP contribution in [0.4, 0.5) is 5.69 Å². The number of aryl methyl sites for hydroxylation is 1. The van der Waals surface area contributed by atoms with Crippen LogP contribution in [0, 0.1) is 6.92 Å². The van der Waals surface area contributed by atoms with E-state index in [4.69, 9.17) is 14.2 Å². The molecule has 0 saturated heterocycles. The first kappa shape index (κ1) is 28.2. The Labute approximate surface area is 219 Å². The summed E-state index contributed by atoms with van der Waals surface area (Å²) in [6.45, 7) is 9.25. The smallest absolute Gasteiger partial charge is 0.362 e. The predicted molar refractivity (Wildman–Crippen MR) is 141 cm³/mol. The molecule has 3 rings (SSSR count). The van der Waals surface area contributed by atoms with Crippen molar-refractivity contribution in [1.29, 1.82) is 0 Å². The summed E-state index contributed by atoms with van der Waals surface area (Å²) in [5, 5.41) is 3.05. The van der Waals surface area contributed by atoms with Crippen molar-refractivity contribution < 1.29 is 33.1 Å². The summed E-state index contributed by atoms with van der Waals surface area (Å²) >= 11 is 0. The number of esters is 2. The minimum atomic E-state index is -0.798. The van der Waals surface area contributed by atoms with E-state index in [1.165, 1.54) is 7.11 Å². The molecule has 1 N–H and O–H groups in total. The second-order valence-corrected chi connectivity index (χ2v) is 9.51. The van der Waals surface area contributed by atoms with E-state index in [9.17, 15) is 14.4 Å². The fourth-order valence-electron chi connectivity index (χ4n) is 5.30. The lowest BCUT2D eigenvalue weighted by molar-refractivity contribution is -0.963. The van der Waals surface area contributed by atoms with Crippen LogP contribution in [0.15, 0.2) is 42.5 Å². The number of carbonyl (C=O) groups excluding carboxylic acids is 3. The van der Waals surface area contributed by atoms with Crippen molar-refractivity contribution >= 4 is 23.5 Å². The lowest BCUT2D eigenvalue weighted by atomic mass is 9.72. The number of likely N-dealkylation sites (N-methyl/N-ethyl adjacent to an activating group) is 1. The molecule has 0 aliphatic heterocycles. The van der Waals surface area contributed by atoms with Gasteiger partial charge in [0.1, 0.15) is 12.4 Å². The van der Waals surface area contributed by atoms with Crippen LogP contribution < -0.4 is 10.1 Å². The molecule has 0 atom stereocenters. The van der Waals surface area contributed by atoms with Gasteiger partial charge in [-0.05, 0) is 57.4 Å². The fourth-order valence-corrected chi connectivity index (χ4v) is 5.30. The van der Waals surface area contributed by atoms with Gasteiger partial charge in [0.15, 0.2) is 12.1 Å². The molecule has 8 heteroatoms. The summed E-state index contributed by atoms with van der Waals surface area (Å²) in [5.74, 6) is -0.555. The van der Waals surface area contributed by atoms with Crippen LogP contribution in [0.1, 0.15) is 61.5 Å². The van der Waals surface area contributed by atoms with Gasteiger partial charge >= 0.3 is 11.9 Å². The first-order valence-corrected chi connectivity index (χ1v) is 13.0. The average molecular weight is 512 g/mol. The van der Waals surface area contributed by atoms with E-state index in [-0.39, 0.29) is 41.7 Å². The highest BCUT2D eigenvalue weighted by atomic mass is 16.5. The molecule has 1 aliphatic rings. The number of hydrogen-bond donors (Lipinski definition) is 1. The first-order valence-electron chi connectivity index (χ1n) is 13.0. The summed E-state index contributed by atoms with van der Waals surface area (Å²) in [5.41, 5.74) is 1.47. The maximum Gasteiger partial charge on any atom is 0.362 e. The number of hydrogen-bond acceptors (Lipinski definition) is 6. The number of ether oxygens (including phenoxy) is 3. The zero-order valence-corrected chi connectivity index (χ0v) is 22.6. The second-order valence-electron chi connectivity index (χ2n) is 9.51. The third-order valence-electron chi connectivity index (χ3n) is 7.68. The molecule has 0 aromatic heterocycles. The number of nitrogens with one attached hydrogen (secondary N) is 1. The molecule has 0 heterocycles. The van der Waals surface area contributed by atoms with Gasteiger partial charge in [-0.25, -0.2) is 9.59 Å². The molecule has 1 amide bonds. The number of benzene rings is 2. The van der Waals surface area contributed by atoms with Crippen molar-refractivity contribution in [2.45, 2.75) is 59.1 Å². The van der Waals surface area contributed by atoms with E-state index in [1.54, 1.807) is 19.1 Å². The van der Waals surface area contributed by atoms with Gasteiger partial charge in [-0.3, -0.25) is 4.79 Å². The summed E-state index contributed by atoms with van der Waals surface area (Å²) in [6, 6.07) is 12.9. The number of amides is 1. The van der Waals surface area contributed by atoms with Crippen molar-refractivity contribution in [3.63, 3.8) is 0 Å². The third-order valence-corrected chi connectivity index (χ3v) is 7.68. The maximum atomic E-state index is 14.0. The van der Waals surface area contributed by atoms with Gasteiger partial charge < -0.3 is 24.0 Å². The van der Waals surface area contributed by atoms with Gasteiger partial charge in [0.05, 0.1) is 38.1 Å². The molecule has 1 fully saturated rings. The highest BCUT2D eigenvalue weighted by Crippen LogP contribution is 2.44. The maximum absolute atomic E-state index is 14.0. The Morgan fingerprint density at radius 3 is 2.22 bits per heavy atom. The molecule has 37 heavy (non-hydrogen) atoms. The second kappa shape index (κ2) is 12.2. The summed E-state index contributed by atoms with van der Waals surface area (Å²) in [4.78, 5) is 39.8. The summed E-state index contributed by atoms with van der Waals surface area (Å²) in [7, 11) is 1.52. The quantitative estimate of drug-likeness (QED) is 0.330. The molecule has 0 spiro atoms. The Morgan fingerprint density at radius 1 is 1.00 bits per heavy atom. The monoisotopic (exact) mass is 511 g/mol. The molecule has 2 aromatic carbocycles. The molecule has 0 bridgehead atoms. The van der Waals surface area contributed by atoms with Crippen molar-refractivity contribution in [3.8, 4) is 5.75 Å². The molecule has 8 nitrogen and oxygen atoms in total. The Balaban J connectivity index is 1.88. The van der Waals surface area contributed by atoms with E-state index in [2.05, 4.69) is 5.32 Å². The minimum Gasteiger partial charge on any atom is -0.497 e. The largest absolute Gasteiger partial charge is 0.497 e. The van der Waals surface area contributed by atoms with E-state index in [0.717, 1.165) is 12.0 Å². The first-order chi connectivity index (χ1) is 17.8. The molecule has 2 aromatic rings. The van der Waals surface area contributed by atoms with Crippen LogP contribution in [-0.4, -0.2) is 61.2 Å². The molecular formula is C29H39N2O6+. The van der Waals surface area contributed by atoms with E-state index < -0.39 is 11.5 Å². The molecule has 1 saturated carbocycles. The zero-order chi connectivity index (χ0) is 27.1. The van der Waals surface area contributed by atoms with Crippen LogP contribution >= 0.6 is 0 Å². The van der Waals surface area contributed by atoms with Gasteiger partial charge in [-0.1, -0.05) is 30.3 Å². The van der Waals surface area contributed by atoms with Crippen LogP contribution in [0.2, 0.25) is 0 Å². The minimum absolute atomic E-state index is 0.0968. The lowest BCUT2D eigenvalue weighted by Crippen LogP contribution is -2.73. The summed E-state index contributed by atoms with van der Waals surface area (Å²) in [6.07, 6.45) is 2.19. The number of anilines is 1. The molecule has 0 unspecified atom stereocenters. The Bertz CT molecular complexity index is 1110. The molecule has 200 valence electrons. The van der Waals surface area contributed by atoms with E-state index in [1.807, 2.05) is 51.1 Å². The highest BCUT2D eigenvalue weighted by molar-refractivity contribution is 6.05. The highest BCUT2D eigenvalue weighted by Gasteiger charge is 2.60. The standard InChI is InChI=1S/C29H38N2O6/c1-6-31(7-2,19-25(32)37-20-22-13-10-9-11-14-22)29(15-12-16-29)28(34)30-26-21(4)17-23(35-5)18-24(26)27(33)36-8-3/h9-11,13-14,17-18H,6-8,12,15-16,19-20H2,1-5H3/p+1. The van der Waals surface area contributed by atoms with Gasteiger partial charge in [-0.2, -0.15) is 0 Å². The molecule has 0 radical (unpaired) electrons. The third kappa shape index (κ3) is 5.80. The Kier molecular flexibility index (Phi) is 9.32. The van der Waals surface area contributed by atoms with E-state index in [0.29, 0.717) is 42.9 Å². The van der Waals surface area contributed by atoms with Crippen LogP contribution in [0.25, 0.3) is 0 Å². The van der Waals surface area contributed by atoms with Gasteiger partial charge in [0.25, 0.3) is 5.91 Å². The molecule has 1 aliphatic carbocycles. The van der Waals surface area contributed by atoms with Gasteiger partial charge in [-0.15, -0.1) is 0 Å². The van der Waals surface area contributed by atoms with Crippen molar-refractivity contribution in [1.82, 2.24) is 0 Å². The molecular weight excluding hydrogens is 472 g/mol. The van der Waals surface area contributed by atoms with E-state index >= 15 is 0 Å². The number of quaternary nitrogens is 1. The van der Waals surface area contributed by atoms with Crippen LogP contribution in [0.3, 0.4) is 0 Å². The normalized spacial score (nSPS) is 14.3. The van der Waals surface area contributed by atoms with Crippen molar-refractivity contribution in [2.75, 3.05) is 38.7 Å². The number of nitrogens with zero attached hydrogens (tertiary/aromatic N) is 1. The number of rotatable bonds is 12. The van der Waals surface area contributed by atoms with Crippen LogP contribution in [-0.2, 0) is 25.7 Å². The predicted octanol–water partition coefficient (Wildman–Crippen LogP) is 4.64. The van der Waals surface area contributed by atoms with Gasteiger partial charge in [0, 0.05) is 12.8 Å². The fraction of sp³-hybridized carbons (Fsp3) is 0.483. The van der Waals surface area contributed by atoms with Crippen LogP contribution in [0.5, 0.6) is 5.75 Å². The zero-order valence-electron chi connectivity index (χ0n) is 22.6. The topological polar surface area (TPSA) is 90.9 Å². The van der Waals surface area contributed by atoms with Crippen molar-refractivity contribution in [2.24, 2.45) is 0 Å². The SMILES string of the molecule is CCOC(=O)c1cc(OC)cc(C)c1NC(=O)C1([N+](CC)(CC)CC(=O)OCc2ccccc2)CCC1. The summed E-state index contributed by atoms with van der Waals surface area (Å²) < 4.78 is 16.5.